The number of aryl methyl sites for hydroxylation is 1. The summed E-state index contributed by atoms with van der Waals surface area (Å²) in [6.45, 7) is 6.90. The lowest BCUT2D eigenvalue weighted by Crippen LogP contribution is -2.40. The molecule has 0 saturated carbocycles. The zero-order valence-corrected chi connectivity index (χ0v) is 11.6. The van der Waals surface area contributed by atoms with E-state index < -0.39 is 0 Å². The van der Waals surface area contributed by atoms with Gasteiger partial charge in [-0.1, -0.05) is 0 Å². The van der Waals surface area contributed by atoms with Crippen molar-refractivity contribution in [2.45, 2.75) is 32.7 Å². The minimum Gasteiger partial charge on any atom is -0.398 e. The summed E-state index contributed by atoms with van der Waals surface area (Å²) in [5, 5.41) is 2.94. The van der Waals surface area contributed by atoms with Crippen molar-refractivity contribution in [3.63, 3.8) is 0 Å². The van der Waals surface area contributed by atoms with Crippen LogP contribution >= 0.6 is 0 Å². The maximum absolute atomic E-state index is 12.0. The Hall–Kier alpha value is -1.62. The van der Waals surface area contributed by atoms with E-state index in [0.29, 0.717) is 23.8 Å². The molecular weight excluding hydrogens is 240 g/mol. The van der Waals surface area contributed by atoms with Gasteiger partial charge in [-0.15, -0.1) is 0 Å². The van der Waals surface area contributed by atoms with Crippen LogP contribution in [-0.2, 0) is 0 Å². The van der Waals surface area contributed by atoms with Gasteiger partial charge < -0.3 is 11.1 Å². The number of aromatic nitrogens is 1. The molecule has 0 aliphatic carbocycles. The quantitative estimate of drug-likeness (QED) is 0.855. The predicted molar refractivity (Wildman–Crippen MR) is 76.0 cm³/mol. The van der Waals surface area contributed by atoms with Crippen LogP contribution < -0.4 is 11.1 Å². The highest BCUT2D eigenvalue weighted by molar-refractivity contribution is 5.98. The highest BCUT2D eigenvalue weighted by Crippen LogP contribution is 2.13. The minimum atomic E-state index is -0.143. The Labute approximate surface area is 114 Å². The van der Waals surface area contributed by atoms with Crippen molar-refractivity contribution in [3.05, 3.63) is 23.5 Å². The Kier molecular flexibility index (Phi) is 4.37. The number of nitrogen functional groups attached to an aromatic ring is 1. The first-order valence-corrected chi connectivity index (χ1v) is 6.82. The van der Waals surface area contributed by atoms with Crippen molar-refractivity contribution >= 4 is 11.6 Å². The standard InChI is InChI=1S/C14H22N4O/c1-10-7-13(15)12(9-16-10)14(19)17-8-11(2)18-5-3-4-6-18/h7,9,11H,3-6,8H2,1-2H3,(H2,15,16)(H,17,19). The lowest BCUT2D eigenvalue weighted by atomic mass is 10.2. The Morgan fingerprint density at radius 1 is 1.53 bits per heavy atom. The fourth-order valence-electron chi connectivity index (χ4n) is 2.42. The third-order valence-corrected chi connectivity index (χ3v) is 3.64. The topological polar surface area (TPSA) is 71.2 Å². The van der Waals surface area contributed by atoms with E-state index in [1.165, 1.54) is 12.8 Å². The van der Waals surface area contributed by atoms with E-state index in [1.54, 1.807) is 12.3 Å². The number of rotatable bonds is 4. The van der Waals surface area contributed by atoms with Gasteiger partial charge in [0.1, 0.15) is 0 Å². The Bertz CT molecular complexity index is 455. The molecule has 1 aromatic rings. The molecule has 0 spiro atoms. The van der Waals surface area contributed by atoms with Crippen LogP contribution in [-0.4, -0.2) is 41.5 Å². The molecule has 5 heteroatoms. The maximum atomic E-state index is 12.0. The second-order valence-corrected chi connectivity index (χ2v) is 5.22. The number of carbonyl (C=O) groups excluding carboxylic acids is 1. The molecule has 1 unspecified atom stereocenters. The van der Waals surface area contributed by atoms with Gasteiger partial charge in [0, 0.05) is 30.2 Å². The van der Waals surface area contributed by atoms with E-state index in [0.717, 1.165) is 18.8 Å². The smallest absolute Gasteiger partial charge is 0.255 e. The average Bonchev–Trinajstić information content (AvgIpc) is 2.89. The summed E-state index contributed by atoms with van der Waals surface area (Å²) >= 11 is 0. The number of hydrogen-bond acceptors (Lipinski definition) is 4. The molecule has 1 aromatic heterocycles. The number of nitrogens with one attached hydrogen (secondary N) is 1. The summed E-state index contributed by atoms with van der Waals surface area (Å²) in [4.78, 5) is 18.6. The molecule has 1 aliphatic heterocycles. The van der Waals surface area contributed by atoms with Crippen LogP contribution in [0.3, 0.4) is 0 Å². The van der Waals surface area contributed by atoms with Gasteiger partial charge in [-0.25, -0.2) is 0 Å². The number of nitrogens with zero attached hydrogens (tertiary/aromatic N) is 2. The summed E-state index contributed by atoms with van der Waals surface area (Å²) in [5.74, 6) is -0.143. The number of hydrogen-bond donors (Lipinski definition) is 2. The van der Waals surface area contributed by atoms with E-state index in [-0.39, 0.29) is 5.91 Å². The van der Waals surface area contributed by atoms with Gasteiger partial charge in [0.15, 0.2) is 0 Å². The number of amides is 1. The fraction of sp³-hybridized carbons (Fsp3) is 0.571. The molecule has 19 heavy (non-hydrogen) atoms. The van der Waals surface area contributed by atoms with Crippen LogP contribution in [0.2, 0.25) is 0 Å². The lowest BCUT2D eigenvalue weighted by Gasteiger charge is -2.23. The van der Waals surface area contributed by atoms with Gasteiger partial charge in [-0.05, 0) is 45.8 Å². The zero-order valence-electron chi connectivity index (χ0n) is 11.6. The highest BCUT2D eigenvalue weighted by Gasteiger charge is 2.19. The van der Waals surface area contributed by atoms with Crippen molar-refractivity contribution in [2.24, 2.45) is 0 Å². The number of carbonyl (C=O) groups is 1. The van der Waals surface area contributed by atoms with Crippen molar-refractivity contribution in [3.8, 4) is 0 Å². The lowest BCUT2D eigenvalue weighted by molar-refractivity contribution is 0.0941. The zero-order chi connectivity index (χ0) is 13.8. The number of likely N-dealkylation sites (tertiary alicyclic amines) is 1. The van der Waals surface area contributed by atoms with Crippen LogP contribution in [0.25, 0.3) is 0 Å². The summed E-state index contributed by atoms with van der Waals surface area (Å²) in [6.07, 6.45) is 4.06. The monoisotopic (exact) mass is 262 g/mol. The Balaban J connectivity index is 1.90. The summed E-state index contributed by atoms with van der Waals surface area (Å²) in [6, 6.07) is 2.09. The molecule has 0 radical (unpaired) electrons. The van der Waals surface area contributed by atoms with Gasteiger partial charge in [0.25, 0.3) is 5.91 Å². The molecule has 5 nitrogen and oxygen atoms in total. The highest BCUT2D eigenvalue weighted by atomic mass is 16.1. The molecule has 1 amide bonds. The van der Waals surface area contributed by atoms with Crippen LogP contribution in [0.4, 0.5) is 5.69 Å². The van der Waals surface area contributed by atoms with E-state index in [1.807, 2.05) is 6.92 Å². The van der Waals surface area contributed by atoms with Crippen LogP contribution in [0.5, 0.6) is 0 Å². The molecule has 0 aromatic carbocycles. The van der Waals surface area contributed by atoms with Gasteiger partial charge in [0.2, 0.25) is 0 Å². The minimum absolute atomic E-state index is 0.143. The second-order valence-electron chi connectivity index (χ2n) is 5.22. The number of nitrogens with two attached hydrogens (primary N) is 1. The van der Waals surface area contributed by atoms with Crippen LogP contribution in [0.15, 0.2) is 12.3 Å². The third-order valence-electron chi connectivity index (χ3n) is 3.64. The Morgan fingerprint density at radius 2 is 2.21 bits per heavy atom. The molecule has 3 N–H and O–H groups in total. The third kappa shape index (κ3) is 3.44. The average molecular weight is 262 g/mol. The van der Waals surface area contributed by atoms with E-state index in [4.69, 9.17) is 5.73 Å². The van der Waals surface area contributed by atoms with Crippen LogP contribution in [0.1, 0.15) is 35.8 Å². The molecule has 2 rings (SSSR count). The van der Waals surface area contributed by atoms with Crippen molar-refractivity contribution in [1.29, 1.82) is 0 Å². The van der Waals surface area contributed by atoms with Crippen molar-refractivity contribution in [2.75, 3.05) is 25.4 Å². The molecule has 2 heterocycles. The first kappa shape index (κ1) is 13.8. The molecule has 1 fully saturated rings. The normalized spacial score (nSPS) is 17.4. The first-order valence-electron chi connectivity index (χ1n) is 6.82. The summed E-state index contributed by atoms with van der Waals surface area (Å²) in [5.41, 5.74) is 7.60. The van der Waals surface area contributed by atoms with Crippen molar-refractivity contribution in [1.82, 2.24) is 15.2 Å². The van der Waals surface area contributed by atoms with Crippen molar-refractivity contribution < 1.29 is 4.79 Å². The van der Waals surface area contributed by atoms with Gasteiger partial charge in [-0.2, -0.15) is 0 Å². The largest absolute Gasteiger partial charge is 0.398 e. The van der Waals surface area contributed by atoms with E-state index >= 15 is 0 Å². The van der Waals surface area contributed by atoms with Gasteiger partial charge in [-0.3, -0.25) is 14.7 Å². The molecule has 1 atom stereocenters. The molecule has 0 bridgehead atoms. The molecule has 1 aliphatic rings. The van der Waals surface area contributed by atoms with Gasteiger partial charge >= 0.3 is 0 Å². The maximum Gasteiger partial charge on any atom is 0.255 e. The summed E-state index contributed by atoms with van der Waals surface area (Å²) in [7, 11) is 0. The van der Waals surface area contributed by atoms with E-state index in [2.05, 4.69) is 22.1 Å². The molecule has 1 saturated heterocycles. The van der Waals surface area contributed by atoms with Gasteiger partial charge in [0.05, 0.1) is 5.56 Å². The molecule has 104 valence electrons. The van der Waals surface area contributed by atoms with Crippen LogP contribution in [0, 0.1) is 6.92 Å². The SMILES string of the molecule is Cc1cc(N)c(C(=O)NCC(C)N2CCCC2)cn1. The number of pyridine rings is 1. The second kappa shape index (κ2) is 6.02. The fourth-order valence-corrected chi connectivity index (χ4v) is 2.42. The first-order chi connectivity index (χ1) is 9.08. The molecular formula is C14H22N4O. The predicted octanol–water partition coefficient (Wildman–Crippen LogP) is 1.19. The number of anilines is 1. The Morgan fingerprint density at radius 3 is 2.84 bits per heavy atom. The van der Waals surface area contributed by atoms with E-state index in [9.17, 15) is 4.79 Å². The summed E-state index contributed by atoms with van der Waals surface area (Å²) < 4.78 is 0.